The molecule has 0 aliphatic carbocycles. The molecule has 0 spiro atoms. The van der Waals surface area contributed by atoms with Gasteiger partial charge in [-0.05, 0) is 26.7 Å². The molecule has 3 nitrogen and oxygen atoms in total. The normalized spacial score (nSPS) is 10.8. The first-order valence-corrected chi connectivity index (χ1v) is 3.70. The largest absolute Gasteiger partial charge is 0.379 e. The molecular formula is C7H17NO2. The minimum atomic E-state index is 0.332. The van der Waals surface area contributed by atoms with Gasteiger partial charge in [-0.3, -0.25) is 0 Å². The third-order valence-corrected chi connectivity index (χ3v) is 1.11. The number of rotatable bonds is 6. The van der Waals surface area contributed by atoms with E-state index in [4.69, 9.17) is 10.6 Å². The first-order chi connectivity index (χ1) is 4.77. The Morgan fingerprint density at radius 2 is 1.80 bits per heavy atom. The van der Waals surface area contributed by atoms with Crippen molar-refractivity contribution in [1.29, 1.82) is 0 Å². The maximum absolute atomic E-state index is 5.29. The van der Waals surface area contributed by atoms with Crippen LogP contribution in [0.15, 0.2) is 0 Å². The van der Waals surface area contributed by atoms with Gasteiger partial charge in [-0.15, -0.1) is 0 Å². The van der Waals surface area contributed by atoms with Gasteiger partial charge in [0.15, 0.2) is 0 Å². The molecule has 0 unspecified atom stereocenters. The van der Waals surface area contributed by atoms with Crippen LogP contribution in [-0.4, -0.2) is 19.3 Å². The van der Waals surface area contributed by atoms with Crippen LogP contribution in [0, 0.1) is 0 Å². The molecule has 3 heteroatoms. The zero-order valence-corrected chi connectivity index (χ0v) is 6.80. The minimum absolute atomic E-state index is 0.332. The molecule has 0 heterocycles. The summed E-state index contributed by atoms with van der Waals surface area (Å²) in [5.74, 6) is 4.83. The van der Waals surface area contributed by atoms with Crippen molar-refractivity contribution in [2.45, 2.75) is 32.8 Å². The molecule has 0 aliphatic rings. The van der Waals surface area contributed by atoms with Crippen molar-refractivity contribution in [1.82, 2.24) is 0 Å². The van der Waals surface area contributed by atoms with Crippen LogP contribution >= 0.6 is 0 Å². The number of unbranched alkanes of at least 4 members (excludes halogenated alkanes) is 1. The predicted octanol–water partition coefficient (Wildman–Crippen LogP) is 1.08. The highest BCUT2D eigenvalue weighted by atomic mass is 16.6. The fourth-order valence-electron chi connectivity index (χ4n) is 0.606. The van der Waals surface area contributed by atoms with E-state index in [-0.39, 0.29) is 0 Å². The van der Waals surface area contributed by atoms with E-state index < -0.39 is 0 Å². The van der Waals surface area contributed by atoms with Gasteiger partial charge < -0.3 is 9.57 Å². The maximum atomic E-state index is 5.29. The lowest BCUT2D eigenvalue weighted by Gasteiger charge is -2.05. The van der Waals surface area contributed by atoms with E-state index in [1.807, 2.05) is 13.8 Å². The summed E-state index contributed by atoms with van der Waals surface area (Å²) in [5.41, 5.74) is 0. The second kappa shape index (κ2) is 6.99. The van der Waals surface area contributed by atoms with E-state index in [2.05, 4.69) is 4.84 Å². The van der Waals surface area contributed by atoms with E-state index >= 15 is 0 Å². The van der Waals surface area contributed by atoms with E-state index in [1.54, 1.807) is 0 Å². The van der Waals surface area contributed by atoms with E-state index in [0.29, 0.717) is 12.7 Å². The Bertz CT molecular complexity index is 66.6. The van der Waals surface area contributed by atoms with Crippen molar-refractivity contribution in [3.63, 3.8) is 0 Å². The molecular weight excluding hydrogens is 130 g/mol. The number of ether oxygens (including phenoxy) is 1. The lowest BCUT2D eigenvalue weighted by molar-refractivity contribution is 0.0666. The summed E-state index contributed by atoms with van der Waals surface area (Å²) in [4.78, 5) is 4.39. The molecule has 0 saturated carbocycles. The van der Waals surface area contributed by atoms with E-state index in [1.165, 1.54) is 0 Å². The van der Waals surface area contributed by atoms with Crippen molar-refractivity contribution < 1.29 is 9.57 Å². The molecule has 0 atom stereocenters. The summed E-state index contributed by atoms with van der Waals surface area (Å²) in [6, 6.07) is 0. The van der Waals surface area contributed by atoms with Gasteiger partial charge in [0.1, 0.15) is 0 Å². The maximum Gasteiger partial charge on any atom is 0.0680 e. The first-order valence-electron chi connectivity index (χ1n) is 3.70. The minimum Gasteiger partial charge on any atom is -0.379 e. The number of hydrogen-bond acceptors (Lipinski definition) is 3. The van der Waals surface area contributed by atoms with Crippen molar-refractivity contribution in [2.24, 2.45) is 5.90 Å². The van der Waals surface area contributed by atoms with Gasteiger partial charge in [0.25, 0.3) is 0 Å². The fourth-order valence-corrected chi connectivity index (χ4v) is 0.606. The Kier molecular flexibility index (Phi) is 6.91. The highest BCUT2D eigenvalue weighted by Gasteiger charge is 1.91. The lowest BCUT2D eigenvalue weighted by atomic mass is 10.3. The average Bonchev–Trinajstić information content (AvgIpc) is 1.87. The van der Waals surface area contributed by atoms with Crippen LogP contribution < -0.4 is 5.90 Å². The Balaban J connectivity index is 2.77. The molecule has 0 saturated heterocycles. The number of hydrogen-bond donors (Lipinski definition) is 1. The van der Waals surface area contributed by atoms with Crippen LogP contribution in [0.3, 0.4) is 0 Å². The Morgan fingerprint density at radius 3 is 2.30 bits per heavy atom. The van der Waals surface area contributed by atoms with Gasteiger partial charge in [-0.1, -0.05) is 0 Å². The molecule has 2 N–H and O–H groups in total. The summed E-state index contributed by atoms with van der Waals surface area (Å²) < 4.78 is 5.29. The quantitative estimate of drug-likeness (QED) is 0.451. The third kappa shape index (κ3) is 7.88. The SMILES string of the molecule is CC(C)OCCCCON. The molecule has 0 aliphatic heterocycles. The molecule has 0 aromatic heterocycles. The van der Waals surface area contributed by atoms with Crippen molar-refractivity contribution >= 4 is 0 Å². The highest BCUT2D eigenvalue weighted by molar-refractivity contribution is 4.39. The Labute approximate surface area is 62.4 Å². The smallest absolute Gasteiger partial charge is 0.0680 e. The van der Waals surface area contributed by atoms with Gasteiger partial charge in [0.05, 0.1) is 12.7 Å². The number of nitrogens with two attached hydrogens (primary N) is 1. The third-order valence-electron chi connectivity index (χ3n) is 1.11. The summed E-state index contributed by atoms with van der Waals surface area (Å²) in [5, 5.41) is 0. The van der Waals surface area contributed by atoms with Crippen molar-refractivity contribution in [3.05, 3.63) is 0 Å². The van der Waals surface area contributed by atoms with E-state index in [0.717, 1.165) is 19.4 Å². The van der Waals surface area contributed by atoms with Crippen molar-refractivity contribution in [2.75, 3.05) is 13.2 Å². The molecule has 0 bridgehead atoms. The molecule has 0 radical (unpaired) electrons. The second-order valence-electron chi connectivity index (χ2n) is 2.50. The zero-order valence-electron chi connectivity index (χ0n) is 6.80. The summed E-state index contributed by atoms with van der Waals surface area (Å²) >= 11 is 0. The van der Waals surface area contributed by atoms with Crippen LogP contribution in [0.4, 0.5) is 0 Å². The monoisotopic (exact) mass is 147 g/mol. The van der Waals surface area contributed by atoms with Crippen LogP contribution in [0.5, 0.6) is 0 Å². The first kappa shape index (κ1) is 9.88. The average molecular weight is 147 g/mol. The van der Waals surface area contributed by atoms with Gasteiger partial charge in [-0.2, -0.15) is 0 Å². The molecule has 0 rings (SSSR count). The zero-order chi connectivity index (χ0) is 7.82. The summed E-state index contributed by atoms with van der Waals surface area (Å²) in [7, 11) is 0. The topological polar surface area (TPSA) is 44.5 Å². The van der Waals surface area contributed by atoms with Crippen LogP contribution in [0.1, 0.15) is 26.7 Å². The molecule has 0 aromatic rings. The van der Waals surface area contributed by atoms with Gasteiger partial charge in [0, 0.05) is 6.61 Å². The second-order valence-corrected chi connectivity index (χ2v) is 2.50. The Hall–Kier alpha value is -0.120. The Morgan fingerprint density at radius 1 is 1.20 bits per heavy atom. The van der Waals surface area contributed by atoms with Crippen LogP contribution in [0.25, 0.3) is 0 Å². The summed E-state index contributed by atoms with van der Waals surface area (Å²) in [6.07, 6.45) is 2.33. The molecule has 10 heavy (non-hydrogen) atoms. The summed E-state index contributed by atoms with van der Waals surface area (Å²) in [6.45, 7) is 5.49. The van der Waals surface area contributed by atoms with Crippen LogP contribution in [0.2, 0.25) is 0 Å². The van der Waals surface area contributed by atoms with Gasteiger partial charge >= 0.3 is 0 Å². The molecule has 0 amide bonds. The molecule has 0 aromatic carbocycles. The van der Waals surface area contributed by atoms with Crippen molar-refractivity contribution in [3.8, 4) is 0 Å². The van der Waals surface area contributed by atoms with E-state index in [9.17, 15) is 0 Å². The van der Waals surface area contributed by atoms with Crippen LogP contribution in [-0.2, 0) is 9.57 Å². The molecule has 62 valence electrons. The fraction of sp³-hybridized carbons (Fsp3) is 1.00. The highest BCUT2D eigenvalue weighted by Crippen LogP contribution is 1.93. The predicted molar refractivity (Wildman–Crippen MR) is 40.5 cm³/mol. The van der Waals surface area contributed by atoms with Gasteiger partial charge in [0.2, 0.25) is 0 Å². The standard InChI is InChI=1S/C7H17NO2/c1-7(2)9-5-3-4-6-10-8/h7H,3-6,8H2,1-2H3. The van der Waals surface area contributed by atoms with Gasteiger partial charge in [-0.25, -0.2) is 5.90 Å². The molecule has 0 fully saturated rings. The lowest BCUT2D eigenvalue weighted by Crippen LogP contribution is -2.06.